The quantitative estimate of drug-likeness (QED) is 0.348. The lowest BCUT2D eigenvalue weighted by Crippen LogP contribution is -2.49. The molecule has 1 aliphatic heterocycles. The fraction of sp³-hybridized carbons (Fsp3) is 0.231. The molecule has 1 saturated heterocycles. The van der Waals surface area contributed by atoms with Gasteiger partial charge < -0.3 is 14.2 Å². The molecule has 0 spiro atoms. The van der Waals surface area contributed by atoms with E-state index >= 15 is 0 Å². The van der Waals surface area contributed by atoms with E-state index in [1.54, 1.807) is 28.9 Å². The van der Waals surface area contributed by atoms with Crippen LogP contribution in [0.2, 0.25) is 10.0 Å². The maximum atomic E-state index is 13.7. The first-order valence-corrected chi connectivity index (χ1v) is 11.9. The highest BCUT2D eigenvalue weighted by atomic mass is 35.5. The van der Waals surface area contributed by atoms with Crippen LogP contribution < -0.4 is 4.90 Å². The number of para-hydroxylation sites is 1. The number of aromatic nitrogens is 2. The van der Waals surface area contributed by atoms with Crippen LogP contribution in [0.15, 0.2) is 65.1 Å². The van der Waals surface area contributed by atoms with Gasteiger partial charge in [-0.05, 0) is 55.8 Å². The molecule has 1 fully saturated rings. The molecule has 0 aliphatic carbocycles. The number of furan rings is 1. The van der Waals surface area contributed by atoms with Crippen LogP contribution in [0.5, 0.6) is 0 Å². The summed E-state index contributed by atoms with van der Waals surface area (Å²) < 4.78 is 7.38. The van der Waals surface area contributed by atoms with E-state index in [2.05, 4.69) is 29.1 Å². The van der Waals surface area contributed by atoms with Crippen molar-refractivity contribution in [2.24, 2.45) is 0 Å². The number of rotatable bonds is 4. The summed E-state index contributed by atoms with van der Waals surface area (Å²) in [5, 5.41) is 5.53. The van der Waals surface area contributed by atoms with Gasteiger partial charge in [-0.25, -0.2) is 4.68 Å². The summed E-state index contributed by atoms with van der Waals surface area (Å²) in [5.41, 5.74) is 4.14. The standard InChI is InChI=1S/C26H24Cl2N4O2/c1-17-5-3-4-6-23(17)30-11-13-31(14-12-30)26(33)24-16-22(25-10-7-18(2)34-25)29-32(24)19-8-9-20(27)21(28)15-19/h3-10,15-16H,11-14H2,1-2H3. The highest BCUT2D eigenvalue weighted by Gasteiger charge is 2.27. The molecule has 1 aliphatic rings. The number of nitrogens with zero attached hydrogens (tertiary/aromatic N) is 4. The summed E-state index contributed by atoms with van der Waals surface area (Å²) in [6.45, 7) is 6.76. The van der Waals surface area contributed by atoms with E-state index in [1.165, 1.54) is 11.3 Å². The third-order valence-corrected chi connectivity index (χ3v) is 6.83. The minimum atomic E-state index is -0.0856. The van der Waals surface area contributed by atoms with Crippen molar-refractivity contribution in [3.8, 4) is 17.1 Å². The van der Waals surface area contributed by atoms with Crippen LogP contribution >= 0.6 is 23.2 Å². The first-order chi connectivity index (χ1) is 16.4. The van der Waals surface area contributed by atoms with Gasteiger partial charge >= 0.3 is 0 Å². The van der Waals surface area contributed by atoms with Crippen molar-refractivity contribution in [1.29, 1.82) is 0 Å². The number of anilines is 1. The SMILES string of the molecule is Cc1ccc(-c2cc(C(=O)N3CCN(c4ccccc4C)CC3)n(-c3ccc(Cl)c(Cl)c3)n2)o1. The van der Waals surface area contributed by atoms with Gasteiger partial charge in [-0.1, -0.05) is 41.4 Å². The van der Waals surface area contributed by atoms with E-state index in [4.69, 9.17) is 27.6 Å². The molecule has 5 rings (SSSR count). The number of piperazine rings is 1. The molecule has 3 heterocycles. The maximum Gasteiger partial charge on any atom is 0.272 e. The lowest BCUT2D eigenvalue weighted by molar-refractivity contribution is 0.0737. The third-order valence-electron chi connectivity index (χ3n) is 6.09. The molecule has 1 amide bonds. The second kappa shape index (κ2) is 9.20. The Labute approximate surface area is 208 Å². The predicted octanol–water partition coefficient (Wildman–Crippen LogP) is 6.02. The second-order valence-electron chi connectivity index (χ2n) is 8.40. The van der Waals surface area contributed by atoms with E-state index in [1.807, 2.05) is 36.1 Å². The van der Waals surface area contributed by atoms with Gasteiger partial charge in [0.05, 0.1) is 15.7 Å². The molecule has 0 bridgehead atoms. The van der Waals surface area contributed by atoms with Crippen LogP contribution in [0, 0.1) is 13.8 Å². The van der Waals surface area contributed by atoms with Crippen molar-refractivity contribution in [1.82, 2.24) is 14.7 Å². The number of amides is 1. The topological polar surface area (TPSA) is 54.5 Å². The Balaban J connectivity index is 1.45. The summed E-state index contributed by atoms with van der Waals surface area (Å²) in [5.74, 6) is 1.30. The molecule has 174 valence electrons. The molecule has 4 aromatic rings. The lowest BCUT2D eigenvalue weighted by Gasteiger charge is -2.36. The zero-order chi connectivity index (χ0) is 23.8. The molecule has 0 radical (unpaired) electrons. The van der Waals surface area contributed by atoms with Crippen molar-refractivity contribution in [2.75, 3.05) is 31.1 Å². The minimum absolute atomic E-state index is 0.0856. The number of carbonyl (C=O) groups excluding carboxylic acids is 1. The highest BCUT2D eigenvalue weighted by Crippen LogP contribution is 2.29. The van der Waals surface area contributed by atoms with E-state index in [0.29, 0.717) is 46.0 Å². The smallest absolute Gasteiger partial charge is 0.272 e. The Kier molecular flexibility index (Phi) is 6.11. The van der Waals surface area contributed by atoms with Crippen molar-refractivity contribution in [3.63, 3.8) is 0 Å². The average molecular weight is 495 g/mol. The molecule has 0 N–H and O–H groups in total. The van der Waals surface area contributed by atoms with Crippen molar-refractivity contribution >= 4 is 34.8 Å². The van der Waals surface area contributed by atoms with Gasteiger partial charge in [0.1, 0.15) is 17.1 Å². The number of hydrogen-bond acceptors (Lipinski definition) is 4. The fourth-order valence-electron chi connectivity index (χ4n) is 4.27. The van der Waals surface area contributed by atoms with Gasteiger partial charge in [0, 0.05) is 37.9 Å². The number of aryl methyl sites for hydroxylation is 2. The minimum Gasteiger partial charge on any atom is -0.460 e. The molecule has 0 atom stereocenters. The van der Waals surface area contributed by atoms with Gasteiger partial charge in [-0.2, -0.15) is 5.10 Å². The fourth-order valence-corrected chi connectivity index (χ4v) is 4.56. The normalized spacial score (nSPS) is 14.0. The molecule has 6 nitrogen and oxygen atoms in total. The Morgan fingerprint density at radius 2 is 1.68 bits per heavy atom. The van der Waals surface area contributed by atoms with Crippen LogP contribution in [0.25, 0.3) is 17.1 Å². The average Bonchev–Trinajstić information content (AvgIpc) is 3.47. The van der Waals surface area contributed by atoms with Gasteiger partial charge in [0.25, 0.3) is 5.91 Å². The Bertz CT molecular complexity index is 1350. The highest BCUT2D eigenvalue weighted by molar-refractivity contribution is 6.42. The Hall–Kier alpha value is -3.22. The van der Waals surface area contributed by atoms with Crippen LogP contribution in [-0.2, 0) is 0 Å². The summed E-state index contributed by atoms with van der Waals surface area (Å²) in [4.78, 5) is 17.9. The maximum absolute atomic E-state index is 13.7. The second-order valence-corrected chi connectivity index (χ2v) is 9.22. The molecule has 2 aromatic heterocycles. The monoisotopic (exact) mass is 494 g/mol. The first-order valence-electron chi connectivity index (χ1n) is 11.1. The van der Waals surface area contributed by atoms with Crippen molar-refractivity contribution in [2.45, 2.75) is 13.8 Å². The summed E-state index contributed by atoms with van der Waals surface area (Å²) in [6.07, 6.45) is 0. The van der Waals surface area contributed by atoms with E-state index < -0.39 is 0 Å². The first kappa shape index (κ1) is 22.6. The molecule has 0 saturated carbocycles. The third kappa shape index (κ3) is 4.31. The van der Waals surface area contributed by atoms with E-state index in [9.17, 15) is 4.79 Å². The zero-order valence-corrected chi connectivity index (χ0v) is 20.5. The summed E-state index contributed by atoms with van der Waals surface area (Å²) >= 11 is 12.4. The van der Waals surface area contributed by atoms with Gasteiger partial charge in [-0.15, -0.1) is 0 Å². The zero-order valence-electron chi connectivity index (χ0n) is 19.0. The number of hydrogen-bond donors (Lipinski definition) is 0. The largest absolute Gasteiger partial charge is 0.460 e. The summed E-state index contributed by atoms with van der Waals surface area (Å²) in [6, 6.07) is 19.0. The molecular weight excluding hydrogens is 471 g/mol. The molecule has 34 heavy (non-hydrogen) atoms. The number of benzene rings is 2. The van der Waals surface area contributed by atoms with Gasteiger partial charge in [-0.3, -0.25) is 4.79 Å². The van der Waals surface area contributed by atoms with E-state index in [-0.39, 0.29) is 5.91 Å². The van der Waals surface area contributed by atoms with Gasteiger partial charge in [0.15, 0.2) is 5.76 Å². The van der Waals surface area contributed by atoms with Crippen molar-refractivity contribution < 1.29 is 9.21 Å². The van der Waals surface area contributed by atoms with Crippen molar-refractivity contribution in [3.05, 3.63) is 87.7 Å². The molecule has 0 unspecified atom stereocenters. The van der Waals surface area contributed by atoms with Crippen LogP contribution in [-0.4, -0.2) is 46.8 Å². The Morgan fingerprint density at radius 1 is 0.912 bits per heavy atom. The van der Waals surface area contributed by atoms with Crippen LogP contribution in [0.3, 0.4) is 0 Å². The number of halogens is 2. The lowest BCUT2D eigenvalue weighted by atomic mass is 10.1. The molecule has 8 heteroatoms. The Morgan fingerprint density at radius 3 is 2.35 bits per heavy atom. The van der Waals surface area contributed by atoms with Gasteiger partial charge in [0.2, 0.25) is 0 Å². The van der Waals surface area contributed by atoms with Crippen LogP contribution in [0.1, 0.15) is 21.8 Å². The van der Waals surface area contributed by atoms with Crippen LogP contribution in [0.4, 0.5) is 5.69 Å². The summed E-state index contributed by atoms with van der Waals surface area (Å²) in [7, 11) is 0. The molecule has 2 aromatic carbocycles. The van der Waals surface area contributed by atoms with E-state index in [0.717, 1.165) is 18.8 Å². The predicted molar refractivity (Wildman–Crippen MR) is 135 cm³/mol. The molecular formula is C26H24Cl2N4O2. The number of carbonyl (C=O) groups is 1.